The van der Waals surface area contributed by atoms with E-state index in [1.54, 1.807) is 31.2 Å². The van der Waals surface area contributed by atoms with Crippen molar-refractivity contribution in [3.8, 4) is 5.75 Å². The number of carbonyl (C=O) groups excluding carboxylic acids is 2. The van der Waals surface area contributed by atoms with Gasteiger partial charge in [-0.05, 0) is 73.7 Å². The topological polar surface area (TPSA) is 67.4 Å². The van der Waals surface area contributed by atoms with E-state index in [4.69, 9.17) is 4.74 Å². The molecule has 1 aliphatic carbocycles. The summed E-state index contributed by atoms with van der Waals surface area (Å²) in [5.41, 5.74) is 4.49. The van der Waals surface area contributed by atoms with Gasteiger partial charge in [-0.3, -0.25) is 9.59 Å². The summed E-state index contributed by atoms with van der Waals surface area (Å²) in [4.78, 5) is 25.3. The van der Waals surface area contributed by atoms with Gasteiger partial charge in [-0.25, -0.2) is 0 Å². The molecule has 0 fully saturated rings. The fourth-order valence-corrected chi connectivity index (χ4v) is 3.61. The highest BCUT2D eigenvalue weighted by Gasteiger charge is 2.20. The smallest absolute Gasteiger partial charge is 0.265 e. The molecule has 0 aliphatic heterocycles. The van der Waals surface area contributed by atoms with Gasteiger partial charge in [0.2, 0.25) is 0 Å². The van der Waals surface area contributed by atoms with Crippen molar-refractivity contribution in [2.75, 3.05) is 10.6 Å². The summed E-state index contributed by atoms with van der Waals surface area (Å²) in [6, 6.07) is 22.2. The molecule has 0 heterocycles. The number of hydrogen-bond donors (Lipinski definition) is 2. The third-order valence-electron chi connectivity index (χ3n) is 5.20. The highest BCUT2D eigenvalue weighted by molar-refractivity contribution is 6.06. The summed E-state index contributed by atoms with van der Waals surface area (Å²) in [6.07, 6.45) is 2.55. The van der Waals surface area contributed by atoms with Crippen molar-refractivity contribution in [2.24, 2.45) is 0 Å². The number of hydrogen-bond acceptors (Lipinski definition) is 3. The van der Waals surface area contributed by atoms with Crippen LogP contribution in [0.5, 0.6) is 5.75 Å². The molecule has 30 heavy (non-hydrogen) atoms. The first kappa shape index (κ1) is 19.7. The van der Waals surface area contributed by atoms with E-state index in [0.29, 0.717) is 17.0 Å². The quantitative estimate of drug-likeness (QED) is 0.623. The molecule has 5 heteroatoms. The molecule has 0 bridgehead atoms. The number of amides is 2. The molecule has 0 aromatic heterocycles. The second-order valence-electron chi connectivity index (χ2n) is 7.40. The number of ether oxygens (including phenoxy) is 1. The van der Waals surface area contributed by atoms with Crippen LogP contribution in [-0.4, -0.2) is 17.9 Å². The van der Waals surface area contributed by atoms with Crippen LogP contribution in [0.2, 0.25) is 0 Å². The average Bonchev–Trinajstić information content (AvgIpc) is 3.22. The molecule has 0 saturated heterocycles. The van der Waals surface area contributed by atoms with Gasteiger partial charge in [0.05, 0.1) is 5.56 Å². The molecule has 152 valence electrons. The third kappa shape index (κ3) is 4.51. The van der Waals surface area contributed by atoms with Crippen LogP contribution >= 0.6 is 0 Å². The fraction of sp³-hybridized carbons (Fsp3) is 0.200. The van der Waals surface area contributed by atoms with E-state index < -0.39 is 6.10 Å². The SMILES string of the molecule is C[C@@H](Oc1ccccc1C(=O)Nc1ccccc1)C(=O)Nc1ccc2c(c1)CCC2. The Morgan fingerprint density at radius 3 is 2.40 bits per heavy atom. The van der Waals surface area contributed by atoms with Crippen molar-refractivity contribution in [1.82, 2.24) is 0 Å². The van der Waals surface area contributed by atoms with Gasteiger partial charge in [-0.15, -0.1) is 0 Å². The third-order valence-corrected chi connectivity index (χ3v) is 5.20. The zero-order chi connectivity index (χ0) is 20.9. The second-order valence-corrected chi connectivity index (χ2v) is 7.40. The lowest BCUT2D eigenvalue weighted by molar-refractivity contribution is -0.122. The van der Waals surface area contributed by atoms with Crippen LogP contribution in [0.3, 0.4) is 0 Å². The van der Waals surface area contributed by atoms with E-state index in [-0.39, 0.29) is 11.8 Å². The molecule has 0 spiro atoms. The Bertz CT molecular complexity index is 1060. The number of anilines is 2. The molecule has 2 amide bonds. The first-order valence-electron chi connectivity index (χ1n) is 10.1. The molecule has 4 rings (SSSR count). The van der Waals surface area contributed by atoms with E-state index in [1.807, 2.05) is 42.5 Å². The lowest BCUT2D eigenvalue weighted by atomic mass is 10.1. The Kier molecular flexibility index (Phi) is 5.80. The lowest BCUT2D eigenvalue weighted by Gasteiger charge is -2.17. The van der Waals surface area contributed by atoms with E-state index in [9.17, 15) is 9.59 Å². The lowest BCUT2D eigenvalue weighted by Crippen LogP contribution is -2.31. The van der Waals surface area contributed by atoms with Gasteiger partial charge in [0.15, 0.2) is 6.10 Å². The normalized spacial score (nSPS) is 13.2. The van der Waals surface area contributed by atoms with Crippen LogP contribution in [0, 0.1) is 0 Å². The summed E-state index contributed by atoms with van der Waals surface area (Å²) in [5, 5.41) is 5.76. The predicted octanol–water partition coefficient (Wildman–Crippen LogP) is 4.83. The Morgan fingerprint density at radius 2 is 1.57 bits per heavy atom. The molecule has 3 aromatic rings. The summed E-state index contributed by atoms with van der Waals surface area (Å²) < 4.78 is 5.86. The number of para-hydroxylation sites is 2. The van der Waals surface area contributed by atoms with Crippen molar-refractivity contribution < 1.29 is 14.3 Å². The number of carbonyl (C=O) groups is 2. The molecule has 5 nitrogen and oxygen atoms in total. The monoisotopic (exact) mass is 400 g/mol. The van der Waals surface area contributed by atoms with Crippen molar-refractivity contribution in [2.45, 2.75) is 32.3 Å². The molecule has 0 unspecified atom stereocenters. The minimum absolute atomic E-state index is 0.258. The minimum Gasteiger partial charge on any atom is -0.480 e. The summed E-state index contributed by atoms with van der Waals surface area (Å²) in [5.74, 6) is -0.184. The zero-order valence-electron chi connectivity index (χ0n) is 16.9. The highest BCUT2D eigenvalue weighted by atomic mass is 16.5. The number of fused-ring (bicyclic) bond motifs is 1. The molecule has 1 aliphatic rings. The van der Waals surface area contributed by atoms with Crippen LogP contribution in [-0.2, 0) is 17.6 Å². The van der Waals surface area contributed by atoms with Gasteiger partial charge in [0, 0.05) is 11.4 Å². The molecule has 3 aromatic carbocycles. The Labute approximate surface area is 176 Å². The standard InChI is InChI=1S/C25H24N2O3/c1-17(24(28)27-21-15-14-18-8-7-9-19(18)16-21)30-23-13-6-5-12-22(23)25(29)26-20-10-3-2-4-11-20/h2-6,10-17H,7-9H2,1H3,(H,26,29)(H,27,28)/t17-/m1/s1. The van der Waals surface area contributed by atoms with E-state index >= 15 is 0 Å². The van der Waals surface area contributed by atoms with Crippen molar-refractivity contribution in [3.05, 3.63) is 89.5 Å². The predicted molar refractivity (Wildman–Crippen MR) is 118 cm³/mol. The molecule has 2 N–H and O–H groups in total. The van der Waals surface area contributed by atoms with Crippen LogP contribution in [0.4, 0.5) is 11.4 Å². The average molecular weight is 400 g/mol. The van der Waals surface area contributed by atoms with E-state index in [1.165, 1.54) is 11.1 Å². The molecule has 1 atom stereocenters. The maximum atomic E-state index is 12.7. The van der Waals surface area contributed by atoms with Gasteiger partial charge >= 0.3 is 0 Å². The Morgan fingerprint density at radius 1 is 0.833 bits per heavy atom. The summed E-state index contributed by atoms with van der Waals surface area (Å²) in [7, 11) is 0. The molecule has 0 saturated carbocycles. The minimum atomic E-state index is -0.760. The van der Waals surface area contributed by atoms with Crippen molar-refractivity contribution >= 4 is 23.2 Å². The van der Waals surface area contributed by atoms with Gasteiger partial charge in [0.25, 0.3) is 11.8 Å². The second kappa shape index (κ2) is 8.82. The molecule has 0 radical (unpaired) electrons. The van der Waals surface area contributed by atoms with Crippen LogP contribution < -0.4 is 15.4 Å². The van der Waals surface area contributed by atoms with E-state index in [0.717, 1.165) is 24.9 Å². The van der Waals surface area contributed by atoms with Crippen LogP contribution in [0.1, 0.15) is 34.8 Å². The number of benzene rings is 3. The number of aryl methyl sites for hydroxylation is 2. The van der Waals surface area contributed by atoms with Crippen LogP contribution in [0.15, 0.2) is 72.8 Å². The van der Waals surface area contributed by atoms with Gasteiger partial charge in [0.1, 0.15) is 5.75 Å². The number of rotatable bonds is 6. The highest BCUT2D eigenvalue weighted by Crippen LogP contribution is 2.25. The van der Waals surface area contributed by atoms with Gasteiger partial charge in [-0.2, -0.15) is 0 Å². The van der Waals surface area contributed by atoms with Crippen molar-refractivity contribution in [3.63, 3.8) is 0 Å². The van der Waals surface area contributed by atoms with Crippen molar-refractivity contribution in [1.29, 1.82) is 0 Å². The maximum Gasteiger partial charge on any atom is 0.265 e. The number of nitrogens with one attached hydrogen (secondary N) is 2. The summed E-state index contributed by atoms with van der Waals surface area (Å²) >= 11 is 0. The first-order chi connectivity index (χ1) is 14.6. The van der Waals surface area contributed by atoms with Gasteiger partial charge < -0.3 is 15.4 Å². The first-order valence-corrected chi connectivity index (χ1v) is 10.1. The fourth-order valence-electron chi connectivity index (χ4n) is 3.61. The Hall–Kier alpha value is -3.60. The largest absolute Gasteiger partial charge is 0.480 e. The van der Waals surface area contributed by atoms with Crippen LogP contribution in [0.25, 0.3) is 0 Å². The zero-order valence-corrected chi connectivity index (χ0v) is 16.9. The molecular formula is C25H24N2O3. The maximum absolute atomic E-state index is 12.7. The Balaban J connectivity index is 1.43. The summed E-state index contributed by atoms with van der Waals surface area (Å²) in [6.45, 7) is 1.68. The molecular weight excluding hydrogens is 376 g/mol. The van der Waals surface area contributed by atoms with E-state index in [2.05, 4.69) is 16.7 Å². The van der Waals surface area contributed by atoms with Gasteiger partial charge in [-0.1, -0.05) is 36.4 Å².